The number of aryl methyl sites for hydroxylation is 1. The summed E-state index contributed by atoms with van der Waals surface area (Å²) >= 11 is 0. The van der Waals surface area contributed by atoms with Gasteiger partial charge < -0.3 is 15.1 Å². The molecule has 0 spiro atoms. The number of hydrogen-bond donors (Lipinski definition) is 1. The number of allylic oxidation sites excluding steroid dienone is 1. The molecule has 1 aliphatic rings. The molecule has 4 heteroatoms. The standard InChI is InChI=1S/C15H21N3O/c1-12(2)16-15(19)18-9-7-17(8-10-18)14-6-4-5-13(3)11-14/h4-6,11H,1,7-10H2,2-3H3,(H,16,19). The van der Waals surface area contributed by atoms with E-state index in [0.717, 1.165) is 26.2 Å². The number of nitrogens with one attached hydrogen (secondary N) is 1. The van der Waals surface area contributed by atoms with Crippen LogP contribution in [0, 0.1) is 6.92 Å². The van der Waals surface area contributed by atoms with Crippen molar-refractivity contribution in [3.8, 4) is 0 Å². The lowest BCUT2D eigenvalue weighted by Crippen LogP contribution is -2.51. The number of carbonyl (C=O) groups excluding carboxylic acids is 1. The summed E-state index contributed by atoms with van der Waals surface area (Å²) in [6.45, 7) is 10.8. The fraction of sp³-hybridized carbons (Fsp3) is 0.400. The van der Waals surface area contributed by atoms with Crippen LogP contribution in [0.3, 0.4) is 0 Å². The molecule has 0 bridgehead atoms. The number of rotatable bonds is 2. The van der Waals surface area contributed by atoms with Gasteiger partial charge >= 0.3 is 6.03 Å². The molecular formula is C15H21N3O. The first-order valence-corrected chi connectivity index (χ1v) is 6.59. The minimum atomic E-state index is -0.0450. The molecule has 0 atom stereocenters. The number of nitrogens with zero attached hydrogens (tertiary/aromatic N) is 2. The van der Waals surface area contributed by atoms with Crippen LogP contribution in [0.1, 0.15) is 12.5 Å². The predicted octanol–water partition coefficient (Wildman–Crippen LogP) is 2.36. The fourth-order valence-electron chi connectivity index (χ4n) is 2.25. The van der Waals surface area contributed by atoms with E-state index >= 15 is 0 Å². The van der Waals surface area contributed by atoms with Gasteiger partial charge in [0.25, 0.3) is 0 Å². The third-order valence-electron chi connectivity index (χ3n) is 3.25. The Hall–Kier alpha value is -1.97. The van der Waals surface area contributed by atoms with Gasteiger partial charge in [-0.3, -0.25) is 0 Å². The average Bonchev–Trinajstić information content (AvgIpc) is 2.38. The number of hydrogen-bond acceptors (Lipinski definition) is 2. The minimum Gasteiger partial charge on any atom is -0.368 e. The third-order valence-corrected chi connectivity index (χ3v) is 3.25. The van der Waals surface area contributed by atoms with Crippen molar-refractivity contribution in [3.05, 3.63) is 42.1 Å². The molecule has 0 aliphatic carbocycles. The van der Waals surface area contributed by atoms with Gasteiger partial charge in [0.2, 0.25) is 0 Å². The van der Waals surface area contributed by atoms with Crippen LogP contribution >= 0.6 is 0 Å². The molecule has 0 saturated carbocycles. The van der Waals surface area contributed by atoms with E-state index in [2.05, 4.69) is 48.0 Å². The SMILES string of the molecule is C=C(C)NC(=O)N1CCN(c2cccc(C)c2)CC1. The van der Waals surface area contributed by atoms with Crippen molar-refractivity contribution in [3.63, 3.8) is 0 Å². The Morgan fingerprint density at radius 3 is 2.53 bits per heavy atom. The van der Waals surface area contributed by atoms with Gasteiger partial charge in [0, 0.05) is 37.6 Å². The van der Waals surface area contributed by atoms with Crippen LogP contribution in [0.5, 0.6) is 0 Å². The largest absolute Gasteiger partial charge is 0.368 e. The van der Waals surface area contributed by atoms with E-state index in [1.54, 1.807) is 6.92 Å². The molecule has 0 radical (unpaired) electrons. The number of benzene rings is 1. The van der Waals surface area contributed by atoms with E-state index in [0.29, 0.717) is 5.70 Å². The van der Waals surface area contributed by atoms with Gasteiger partial charge in [0.15, 0.2) is 0 Å². The molecule has 1 fully saturated rings. The molecular weight excluding hydrogens is 238 g/mol. The minimum absolute atomic E-state index is 0.0450. The number of urea groups is 1. The first kappa shape index (κ1) is 13.5. The van der Waals surface area contributed by atoms with Crippen molar-refractivity contribution < 1.29 is 4.79 Å². The molecule has 1 N–H and O–H groups in total. The van der Waals surface area contributed by atoms with E-state index < -0.39 is 0 Å². The summed E-state index contributed by atoms with van der Waals surface area (Å²) < 4.78 is 0. The van der Waals surface area contributed by atoms with Crippen LogP contribution in [-0.4, -0.2) is 37.1 Å². The molecule has 0 aromatic heterocycles. The van der Waals surface area contributed by atoms with E-state index in [1.807, 2.05) is 4.90 Å². The first-order chi connectivity index (χ1) is 9.06. The summed E-state index contributed by atoms with van der Waals surface area (Å²) in [7, 11) is 0. The molecule has 1 saturated heterocycles. The predicted molar refractivity (Wildman–Crippen MR) is 78.3 cm³/mol. The smallest absolute Gasteiger partial charge is 0.321 e. The van der Waals surface area contributed by atoms with Crippen molar-refractivity contribution in [2.24, 2.45) is 0 Å². The number of anilines is 1. The lowest BCUT2D eigenvalue weighted by Gasteiger charge is -2.36. The summed E-state index contributed by atoms with van der Waals surface area (Å²) in [5, 5.41) is 2.75. The van der Waals surface area contributed by atoms with Crippen LogP contribution in [-0.2, 0) is 0 Å². The van der Waals surface area contributed by atoms with Crippen LogP contribution in [0.25, 0.3) is 0 Å². The molecule has 2 rings (SSSR count). The molecule has 19 heavy (non-hydrogen) atoms. The summed E-state index contributed by atoms with van der Waals surface area (Å²) in [4.78, 5) is 16.0. The number of carbonyl (C=O) groups is 1. The Bertz CT molecular complexity index is 476. The van der Waals surface area contributed by atoms with Crippen LogP contribution in [0.4, 0.5) is 10.5 Å². The second kappa shape index (κ2) is 5.78. The Morgan fingerprint density at radius 1 is 1.26 bits per heavy atom. The topological polar surface area (TPSA) is 35.6 Å². The van der Waals surface area contributed by atoms with E-state index in [4.69, 9.17) is 0 Å². The summed E-state index contributed by atoms with van der Waals surface area (Å²) in [6, 6.07) is 8.43. The van der Waals surface area contributed by atoms with Crippen LogP contribution in [0.2, 0.25) is 0 Å². The highest BCUT2D eigenvalue weighted by atomic mass is 16.2. The maximum atomic E-state index is 11.8. The van der Waals surface area contributed by atoms with Gasteiger partial charge in [0.1, 0.15) is 0 Å². The second-order valence-corrected chi connectivity index (χ2v) is 5.02. The Balaban J connectivity index is 1.92. The van der Waals surface area contributed by atoms with Crippen LogP contribution in [0.15, 0.2) is 36.5 Å². The van der Waals surface area contributed by atoms with Crippen molar-refractivity contribution in [1.82, 2.24) is 10.2 Å². The van der Waals surface area contributed by atoms with Gasteiger partial charge in [0.05, 0.1) is 0 Å². The third kappa shape index (κ3) is 3.50. The van der Waals surface area contributed by atoms with E-state index in [1.165, 1.54) is 11.3 Å². The second-order valence-electron chi connectivity index (χ2n) is 5.02. The van der Waals surface area contributed by atoms with Gasteiger partial charge in [-0.25, -0.2) is 4.79 Å². The van der Waals surface area contributed by atoms with Crippen molar-refractivity contribution in [1.29, 1.82) is 0 Å². The summed E-state index contributed by atoms with van der Waals surface area (Å²) in [5.74, 6) is 0. The lowest BCUT2D eigenvalue weighted by atomic mass is 10.2. The highest BCUT2D eigenvalue weighted by molar-refractivity contribution is 5.76. The van der Waals surface area contributed by atoms with Gasteiger partial charge in [-0.2, -0.15) is 0 Å². The normalized spacial score (nSPS) is 15.3. The molecule has 4 nitrogen and oxygen atoms in total. The van der Waals surface area contributed by atoms with Gasteiger partial charge in [-0.1, -0.05) is 18.7 Å². The molecule has 102 valence electrons. The zero-order valence-electron chi connectivity index (χ0n) is 11.6. The molecule has 1 aromatic carbocycles. The zero-order chi connectivity index (χ0) is 13.8. The molecule has 1 aromatic rings. The first-order valence-electron chi connectivity index (χ1n) is 6.59. The maximum absolute atomic E-state index is 11.8. The van der Waals surface area contributed by atoms with Crippen molar-refractivity contribution in [2.45, 2.75) is 13.8 Å². The van der Waals surface area contributed by atoms with E-state index in [-0.39, 0.29) is 6.03 Å². The van der Waals surface area contributed by atoms with Gasteiger partial charge in [-0.15, -0.1) is 0 Å². The quantitative estimate of drug-likeness (QED) is 0.885. The Morgan fingerprint density at radius 2 is 1.95 bits per heavy atom. The zero-order valence-corrected chi connectivity index (χ0v) is 11.6. The van der Waals surface area contributed by atoms with Gasteiger partial charge in [-0.05, 0) is 31.5 Å². The van der Waals surface area contributed by atoms with Crippen molar-refractivity contribution in [2.75, 3.05) is 31.1 Å². The number of amides is 2. The highest BCUT2D eigenvalue weighted by Gasteiger charge is 2.20. The number of piperazine rings is 1. The maximum Gasteiger partial charge on any atom is 0.321 e. The summed E-state index contributed by atoms with van der Waals surface area (Å²) in [6.07, 6.45) is 0. The monoisotopic (exact) mass is 259 g/mol. The molecule has 0 unspecified atom stereocenters. The molecule has 2 amide bonds. The fourth-order valence-corrected chi connectivity index (χ4v) is 2.25. The van der Waals surface area contributed by atoms with Crippen LogP contribution < -0.4 is 10.2 Å². The molecule has 1 heterocycles. The molecule has 1 aliphatic heterocycles. The lowest BCUT2D eigenvalue weighted by molar-refractivity contribution is 0.197. The average molecular weight is 259 g/mol. The van der Waals surface area contributed by atoms with Crippen molar-refractivity contribution >= 4 is 11.7 Å². The highest BCUT2D eigenvalue weighted by Crippen LogP contribution is 2.17. The summed E-state index contributed by atoms with van der Waals surface area (Å²) in [5.41, 5.74) is 3.19. The Kier molecular flexibility index (Phi) is 4.10. The Labute approximate surface area is 114 Å². The van der Waals surface area contributed by atoms with E-state index in [9.17, 15) is 4.79 Å².